The SMILES string of the molecule is CCCCC(=O)C=CNc1ccccc1. The second-order valence-corrected chi connectivity index (χ2v) is 3.41. The van der Waals surface area contributed by atoms with Crippen molar-refractivity contribution in [3.63, 3.8) is 0 Å². The van der Waals surface area contributed by atoms with Crippen LogP contribution in [0, 0.1) is 0 Å². The number of carbonyl (C=O) groups is 1. The molecule has 2 heteroatoms. The van der Waals surface area contributed by atoms with Gasteiger partial charge in [0.1, 0.15) is 0 Å². The lowest BCUT2D eigenvalue weighted by Gasteiger charge is -1.98. The summed E-state index contributed by atoms with van der Waals surface area (Å²) in [6, 6.07) is 9.78. The molecule has 1 rings (SSSR count). The highest BCUT2D eigenvalue weighted by molar-refractivity contribution is 5.89. The number of hydrogen-bond donors (Lipinski definition) is 1. The summed E-state index contributed by atoms with van der Waals surface area (Å²) in [7, 11) is 0. The van der Waals surface area contributed by atoms with Crippen molar-refractivity contribution in [2.45, 2.75) is 26.2 Å². The van der Waals surface area contributed by atoms with Gasteiger partial charge in [-0.3, -0.25) is 4.79 Å². The van der Waals surface area contributed by atoms with Crippen LogP contribution in [-0.4, -0.2) is 5.78 Å². The zero-order valence-electron chi connectivity index (χ0n) is 9.07. The molecule has 15 heavy (non-hydrogen) atoms. The van der Waals surface area contributed by atoms with E-state index in [2.05, 4.69) is 12.2 Å². The van der Waals surface area contributed by atoms with Gasteiger partial charge in [0.15, 0.2) is 5.78 Å². The van der Waals surface area contributed by atoms with Gasteiger partial charge in [0.25, 0.3) is 0 Å². The van der Waals surface area contributed by atoms with Crippen LogP contribution >= 0.6 is 0 Å². The molecule has 0 heterocycles. The lowest BCUT2D eigenvalue weighted by Crippen LogP contribution is -1.94. The predicted molar refractivity (Wildman–Crippen MR) is 63.7 cm³/mol. The molecule has 0 spiro atoms. The molecular formula is C13H17NO. The van der Waals surface area contributed by atoms with E-state index in [0.717, 1.165) is 18.5 Å². The highest BCUT2D eigenvalue weighted by atomic mass is 16.1. The molecule has 0 unspecified atom stereocenters. The number of hydrogen-bond acceptors (Lipinski definition) is 2. The van der Waals surface area contributed by atoms with Gasteiger partial charge in [-0.1, -0.05) is 31.5 Å². The Labute approximate surface area is 91.0 Å². The van der Waals surface area contributed by atoms with Crippen molar-refractivity contribution in [3.8, 4) is 0 Å². The lowest BCUT2D eigenvalue weighted by atomic mass is 10.2. The third-order valence-electron chi connectivity index (χ3n) is 2.07. The second-order valence-electron chi connectivity index (χ2n) is 3.41. The Morgan fingerprint density at radius 3 is 2.73 bits per heavy atom. The molecule has 80 valence electrons. The number of allylic oxidation sites excluding steroid dienone is 1. The van der Waals surface area contributed by atoms with E-state index in [1.54, 1.807) is 12.3 Å². The van der Waals surface area contributed by atoms with E-state index in [1.807, 2.05) is 30.3 Å². The average molecular weight is 203 g/mol. The normalized spacial score (nSPS) is 10.5. The van der Waals surface area contributed by atoms with Crippen molar-refractivity contribution >= 4 is 11.5 Å². The van der Waals surface area contributed by atoms with E-state index in [0.29, 0.717) is 6.42 Å². The quantitative estimate of drug-likeness (QED) is 0.718. The molecule has 0 aliphatic heterocycles. The molecule has 0 aromatic heterocycles. The summed E-state index contributed by atoms with van der Waals surface area (Å²) < 4.78 is 0. The number of unbranched alkanes of at least 4 members (excludes halogenated alkanes) is 1. The molecule has 1 N–H and O–H groups in total. The number of rotatable bonds is 6. The lowest BCUT2D eigenvalue weighted by molar-refractivity contribution is -0.114. The predicted octanol–water partition coefficient (Wildman–Crippen LogP) is 3.37. The van der Waals surface area contributed by atoms with Crippen LogP contribution in [-0.2, 0) is 4.79 Å². The first-order valence-corrected chi connectivity index (χ1v) is 5.34. The zero-order valence-corrected chi connectivity index (χ0v) is 9.07. The Hall–Kier alpha value is -1.57. The summed E-state index contributed by atoms with van der Waals surface area (Å²) in [4.78, 5) is 11.3. The number of anilines is 1. The first-order chi connectivity index (χ1) is 7.33. The summed E-state index contributed by atoms with van der Waals surface area (Å²) in [5.74, 6) is 0.181. The third kappa shape index (κ3) is 5.01. The van der Waals surface area contributed by atoms with E-state index in [9.17, 15) is 4.79 Å². The van der Waals surface area contributed by atoms with Gasteiger partial charge in [0.2, 0.25) is 0 Å². The molecule has 0 aliphatic rings. The van der Waals surface area contributed by atoms with Crippen LogP contribution in [0.2, 0.25) is 0 Å². The van der Waals surface area contributed by atoms with Crippen LogP contribution in [0.4, 0.5) is 5.69 Å². The monoisotopic (exact) mass is 203 g/mol. The minimum Gasteiger partial charge on any atom is -0.362 e. The van der Waals surface area contributed by atoms with Gasteiger partial charge in [0, 0.05) is 18.3 Å². The fourth-order valence-electron chi connectivity index (χ4n) is 1.20. The fourth-order valence-corrected chi connectivity index (χ4v) is 1.20. The van der Waals surface area contributed by atoms with Gasteiger partial charge < -0.3 is 5.32 Å². The van der Waals surface area contributed by atoms with E-state index >= 15 is 0 Å². The van der Waals surface area contributed by atoms with E-state index < -0.39 is 0 Å². The smallest absolute Gasteiger partial charge is 0.157 e. The Morgan fingerprint density at radius 1 is 1.33 bits per heavy atom. The van der Waals surface area contributed by atoms with Crippen molar-refractivity contribution in [1.29, 1.82) is 0 Å². The number of nitrogens with one attached hydrogen (secondary N) is 1. The molecule has 0 radical (unpaired) electrons. The molecule has 1 aromatic rings. The molecular weight excluding hydrogens is 186 g/mol. The molecule has 0 amide bonds. The standard InChI is InChI=1S/C13H17NO/c1-2-3-9-13(15)10-11-14-12-7-5-4-6-8-12/h4-8,10-11,14H,2-3,9H2,1H3. The van der Waals surface area contributed by atoms with Crippen LogP contribution in [0.25, 0.3) is 0 Å². The maximum absolute atomic E-state index is 11.3. The largest absolute Gasteiger partial charge is 0.362 e. The highest BCUT2D eigenvalue weighted by Crippen LogP contribution is 2.04. The third-order valence-corrected chi connectivity index (χ3v) is 2.07. The van der Waals surface area contributed by atoms with Crippen LogP contribution in [0.15, 0.2) is 42.6 Å². The average Bonchev–Trinajstić information content (AvgIpc) is 2.28. The summed E-state index contributed by atoms with van der Waals surface area (Å²) >= 11 is 0. The first-order valence-electron chi connectivity index (χ1n) is 5.34. The Bertz CT molecular complexity index is 317. The van der Waals surface area contributed by atoms with Crippen LogP contribution in [0.3, 0.4) is 0 Å². The topological polar surface area (TPSA) is 29.1 Å². The number of benzene rings is 1. The van der Waals surface area contributed by atoms with Gasteiger partial charge in [-0.05, 0) is 24.6 Å². The number of carbonyl (C=O) groups excluding carboxylic acids is 1. The Morgan fingerprint density at radius 2 is 2.07 bits per heavy atom. The molecule has 2 nitrogen and oxygen atoms in total. The van der Waals surface area contributed by atoms with Gasteiger partial charge >= 0.3 is 0 Å². The van der Waals surface area contributed by atoms with Crippen molar-refractivity contribution in [2.75, 3.05) is 5.32 Å². The summed E-state index contributed by atoms with van der Waals surface area (Å²) in [5, 5.41) is 3.05. The Balaban J connectivity index is 2.30. The van der Waals surface area contributed by atoms with Gasteiger partial charge in [-0.2, -0.15) is 0 Å². The van der Waals surface area contributed by atoms with Crippen LogP contribution in [0.1, 0.15) is 26.2 Å². The summed E-state index contributed by atoms with van der Waals surface area (Å²) in [5.41, 5.74) is 0.997. The summed E-state index contributed by atoms with van der Waals surface area (Å²) in [6.45, 7) is 2.08. The van der Waals surface area contributed by atoms with Gasteiger partial charge in [-0.25, -0.2) is 0 Å². The molecule has 0 bridgehead atoms. The zero-order chi connectivity index (χ0) is 10.9. The van der Waals surface area contributed by atoms with Gasteiger partial charge in [0.05, 0.1) is 0 Å². The summed E-state index contributed by atoms with van der Waals surface area (Å²) in [6.07, 6.45) is 5.97. The number of para-hydroxylation sites is 1. The Kier molecular flexibility index (Phi) is 5.23. The molecule has 0 atom stereocenters. The molecule has 0 saturated carbocycles. The molecule has 1 aromatic carbocycles. The van der Waals surface area contributed by atoms with Crippen molar-refractivity contribution in [2.24, 2.45) is 0 Å². The first kappa shape index (κ1) is 11.5. The van der Waals surface area contributed by atoms with Gasteiger partial charge in [-0.15, -0.1) is 0 Å². The van der Waals surface area contributed by atoms with Crippen LogP contribution < -0.4 is 5.32 Å². The maximum Gasteiger partial charge on any atom is 0.157 e. The van der Waals surface area contributed by atoms with Crippen molar-refractivity contribution in [1.82, 2.24) is 0 Å². The maximum atomic E-state index is 11.3. The molecule has 0 fully saturated rings. The number of ketones is 1. The second kappa shape index (κ2) is 6.82. The van der Waals surface area contributed by atoms with E-state index in [1.165, 1.54) is 0 Å². The molecule has 0 saturated heterocycles. The highest BCUT2D eigenvalue weighted by Gasteiger charge is 1.93. The minimum absolute atomic E-state index is 0.181. The van der Waals surface area contributed by atoms with Crippen molar-refractivity contribution in [3.05, 3.63) is 42.6 Å². The fraction of sp³-hybridized carbons (Fsp3) is 0.308. The molecule has 0 aliphatic carbocycles. The van der Waals surface area contributed by atoms with Crippen molar-refractivity contribution < 1.29 is 4.79 Å². The van der Waals surface area contributed by atoms with E-state index in [4.69, 9.17) is 0 Å². The van der Waals surface area contributed by atoms with E-state index in [-0.39, 0.29) is 5.78 Å². The van der Waals surface area contributed by atoms with Crippen LogP contribution in [0.5, 0.6) is 0 Å². The minimum atomic E-state index is 0.181.